The van der Waals surface area contributed by atoms with E-state index in [1.165, 1.54) is 0 Å². The van der Waals surface area contributed by atoms with Crippen molar-refractivity contribution in [2.75, 3.05) is 13.2 Å². The summed E-state index contributed by atoms with van der Waals surface area (Å²) in [5, 5.41) is 3.30. The maximum Gasteiger partial charge on any atom is 0.349 e. The maximum atomic E-state index is 13.1. The van der Waals surface area contributed by atoms with E-state index < -0.39 is 77.0 Å². The Balaban J connectivity index is 3.73. The molecule has 0 aromatic carbocycles. The summed E-state index contributed by atoms with van der Waals surface area (Å²) >= 11 is 16.8. The minimum atomic E-state index is -2.89. The summed E-state index contributed by atoms with van der Waals surface area (Å²) in [6.07, 6.45) is -7.04. The molecule has 190 valence electrons. The van der Waals surface area contributed by atoms with E-state index in [1.54, 1.807) is 0 Å². The van der Waals surface area contributed by atoms with Gasteiger partial charge in [0.2, 0.25) is 3.79 Å². The Bertz CT molecular complexity index is 875. The highest BCUT2D eigenvalue weighted by molar-refractivity contribution is 6.67. The Labute approximate surface area is 207 Å². The van der Waals surface area contributed by atoms with Gasteiger partial charge in [-0.2, -0.15) is 0 Å². The third-order valence-corrected chi connectivity index (χ3v) is 4.23. The summed E-state index contributed by atoms with van der Waals surface area (Å²) in [6, 6.07) is 0. The first-order valence-corrected chi connectivity index (χ1v) is 10.4. The van der Waals surface area contributed by atoms with Crippen LogP contribution >= 0.6 is 34.8 Å². The van der Waals surface area contributed by atoms with Crippen molar-refractivity contribution in [1.29, 1.82) is 0 Å². The smallest absolute Gasteiger partial charge is 0.349 e. The van der Waals surface area contributed by atoms with Crippen LogP contribution in [0.3, 0.4) is 0 Å². The van der Waals surface area contributed by atoms with E-state index in [-0.39, 0.29) is 0 Å². The van der Waals surface area contributed by atoms with Crippen LogP contribution in [-0.2, 0) is 52.4 Å². The van der Waals surface area contributed by atoms with E-state index in [2.05, 4.69) is 10.0 Å². The largest absolute Gasteiger partial charge is 0.463 e. The van der Waals surface area contributed by atoms with Gasteiger partial charge in [-0.1, -0.05) is 34.8 Å². The molecule has 14 nitrogen and oxygen atoms in total. The summed E-state index contributed by atoms with van der Waals surface area (Å²) < 4.78 is 28.7. The molecule has 0 spiro atoms. The molecule has 5 atom stereocenters. The van der Waals surface area contributed by atoms with Crippen LogP contribution in [0.4, 0.5) is 0 Å². The molecular weight excluding hydrogens is 529 g/mol. The molecule has 0 saturated carbocycles. The highest BCUT2D eigenvalue weighted by Crippen LogP contribution is 2.39. The van der Waals surface area contributed by atoms with Crippen molar-refractivity contribution in [2.24, 2.45) is 5.11 Å². The number of azide groups is 1. The van der Waals surface area contributed by atoms with Crippen molar-refractivity contribution in [3.8, 4) is 0 Å². The van der Waals surface area contributed by atoms with Gasteiger partial charge in [0.15, 0.2) is 18.3 Å². The molecule has 17 heteroatoms. The van der Waals surface area contributed by atoms with Gasteiger partial charge in [-0.15, -0.1) is 0 Å². The van der Waals surface area contributed by atoms with E-state index >= 15 is 0 Å². The molecule has 1 heterocycles. The monoisotopic (exact) mass is 547 g/mol. The molecule has 0 amide bonds. The fraction of sp³-hybridized carbons (Fsp3) is 0.706. The molecule has 0 bridgehead atoms. The number of ether oxygens (including phenoxy) is 6. The molecule has 0 aromatic heterocycles. The minimum Gasteiger partial charge on any atom is -0.463 e. The molecular formula is C17H20Cl3N3O11. The van der Waals surface area contributed by atoms with Crippen molar-refractivity contribution >= 4 is 64.6 Å². The molecule has 34 heavy (non-hydrogen) atoms. The van der Waals surface area contributed by atoms with Gasteiger partial charge in [-0.05, 0) is 10.6 Å². The highest BCUT2D eigenvalue weighted by atomic mass is 35.6. The molecule has 0 aromatic rings. The van der Waals surface area contributed by atoms with Crippen molar-refractivity contribution in [3.63, 3.8) is 0 Å². The number of nitrogens with zero attached hydrogens (tertiary/aromatic N) is 3. The Hall–Kier alpha value is -2.51. The lowest BCUT2D eigenvalue weighted by atomic mass is 9.90. The second-order valence-electron chi connectivity index (χ2n) is 6.71. The zero-order valence-corrected chi connectivity index (χ0v) is 20.5. The number of carbonyl (C=O) groups is 5. The van der Waals surface area contributed by atoms with Crippen LogP contribution in [0, 0.1) is 0 Å². The standard InChI is InChI=1S/C17H20Cl3N3O11/c1-7(24)29-5-11-12(31-8(2)25)13(32-9(3)26)14(33-10(4)27)17(34-11,22-23-21)15(28)30-6-16(18,19)20/h11-14H,5-6H2,1-4H3/t11-,12-,13+,14-,17+/m1/s1. The molecule has 0 N–H and O–H groups in total. The van der Waals surface area contributed by atoms with E-state index in [0.717, 1.165) is 27.7 Å². The van der Waals surface area contributed by atoms with Gasteiger partial charge >= 0.3 is 29.8 Å². The summed E-state index contributed by atoms with van der Waals surface area (Å²) in [7, 11) is 0. The fourth-order valence-corrected chi connectivity index (χ4v) is 3.05. The predicted molar refractivity (Wildman–Crippen MR) is 111 cm³/mol. The Morgan fingerprint density at radius 1 is 0.912 bits per heavy atom. The third kappa shape index (κ3) is 8.37. The molecule has 1 saturated heterocycles. The average Bonchev–Trinajstić information content (AvgIpc) is 2.67. The number of carbonyl (C=O) groups excluding carboxylic acids is 5. The molecule has 1 aliphatic heterocycles. The van der Waals surface area contributed by atoms with Gasteiger partial charge in [0.05, 0.1) is 0 Å². The van der Waals surface area contributed by atoms with E-state index in [4.69, 9.17) is 68.8 Å². The number of hydrogen-bond donors (Lipinski definition) is 0. The second kappa shape index (κ2) is 12.3. The second-order valence-corrected chi connectivity index (χ2v) is 9.23. The maximum absolute atomic E-state index is 13.1. The zero-order chi connectivity index (χ0) is 26.3. The van der Waals surface area contributed by atoms with E-state index in [0.29, 0.717) is 0 Å². The van der Waals surface area contributed by atoms with Crippen molar-refractivity contribution < 1.29 is 52.4 Å². The third-order valence-electron chi connectivity index (χ3n) is 3.91. The first-order valence-electron chi connectivity index (χ1n) is 9.26. The van der Waals surface area contributed by atoms with Crippen LogP contribution < -0.4 is 0 Å². The van der Waals surface area contributed by atoms with Gasteiger partial charge in [0.1, 0.15) is 19.3 Å². The molecule has 0 unspecified atom stereocenters. The Kier molecular flexibility index (Phi) is 10.7. The first-order chi connectivity index (χ1) is 15.6. The highest BCUT2D eigenvalue weighted by Gasteiger charge is 2.64. The van der Waals surface area contributed by atoms with Crippen molar-refractivity contribution in [2.45, 2.75) is 61.6 Å². The number of rotatable bonds is 8. The van der Waals surface area contributed by atoms with Crippen LogP contribution in [0.25, 0.3) is 10.4 Å². The number of hydrogen-bond acceptors (Lipinski definition) is 12. The van der Waals surface area contributed by atoms with Gasteiger partial charge in [0, 0.05) is 32.6 Å². The lowest BCUT2D eigenvalue weighted by molar-refractivity contribution is -0.283. The molecule has 0 radical (unpaired) electrons. The number of alkyl halides is 3. The van der Waals surface area contributed by atoms with Crippen molar-refractivity contribution in [1.82, 2.24) is 0 Å². The van der Waals surface area contributed by atoms with Crippen LogP contribution in [0.1, 0.15) is 27.7 Å². The number of esters is 5. The lowest BCUT2D eigenvalue weighted by Crippen LogP contribution is -2.70. The molecule has 0 aliphatic carbocycles. The summed E-state index contributed by atoms with van der Waals surface area (Å²) in [5.74, 6) is -5.25. The zero-order valence-electron chi connectivity index (χ0n) is 18.2. The average molecular weight is 549 g/mol. The Morgan fingerprint density at radius 3 is 1.88 bits per heavy atom. The summed E-state index contributed by atoms with van der Waals surface area (Å²) in [4.78, 5) is 62.4. The van der Waals surface area contributed by atoms with E-state index in [9.17, 15) is 24.0 Å². The Morgan fingerprint density at radius 2 is 1.44 bits per heavy atom. The van der Waals surface area contributed by atoms with Crippen LogP contribution in [0.15, 0.2) is 5.11 Å². The van der Waals surface area contributed by atoms with Gasteiger partial charge in [0.25, 0.3) is 5.72 Å². The quantitative estimate of drug-likeness (QED) is 0.107. The van der Waals surface area contributed by atoms with Crippen molar-refractivity contribution in [3.05, 3.63) is 10.4 Å². The fourth-order valence-electron chi connectivity index (χ4n) is 2.88. The normalized spacial score (nSPS) is 26.3. The van der Waals surface area contributed by atoms with Gasteiger partial charge in [-0.3, -0.25) is 19.2 Å². The van der Waals surface area contributed by atoms with Crippen LogP contribution in [-0.4, -0.2) is 77.0 Å². The van der Waals surface area contributed by atoms with Gasteiger partial charge < -0.3 is 28.4 Å². The molecule has 1 fully saturated rings. The van der Waals surface area contributed by atoms with Crippen LogP contribution in [0.2, 0.25) is 0 Å². The summed E-state index contributed by atoms with van der Waals surface area (Å²) in [6.45, 7) is 2.38. The molecule has 1 rings (SSSR count). The minimum absolute atomic E-state index is 0.682. The predicted octanol–water partition coefficient (Wildman–Crippen LogP) is 1.66. The topological polar surface area (TPSA) is 189 Å². The van der Waals surface area contributed by atoms with Crippen LogP contribution in [0.5, 0.6) is 0 Å². The SMILES string of the molecule is CC(=O)OC[C@H]1O[C@](N=[N+]=[N-])(C(=O)OCC(Cl)(Cl)Cl)[C@H](OC(C)=O)[C@@H](OC(C)=O)[C@@H]1OC(C)=O. The summed E-state index contributed by atoms with van der Waals surface area (Å²) in [5.41, 5.74) is 6.28. The lowest BCUT2D eigenvalue weighted by Gasteiger charge is -2.47. The number of halogens is 3. The van der Waals surface area contributed by atoms with Gasteiger partial charge in [-0.25, -0.2) is 4.79 Å². The first kappa shape index (κ1) is 29.5. The van der Waals surface area contributed by atoms with E-state index in [1.807, 2.05) is 0 Å². The molecule has 1 aliphatic rings.